The van der Waals surface area contributed by atoms with Crippen LogP contribution in [0.15, 0.2) is 71.8 Å². The molecular weight excluding hydrogens is 448 g/mol. The quantitative estimate of drug-likeness (QED) is 0.263. The first kappa shape index (κ1) is 25.0. The molecule has 3 aromatic rings. The number of hydrogen-bond acceptors (Lipinski definition) is 6. The van der Waals surface area contributed by atoms with Gasteiger partial charge in [-0.2, -0.15) is 5.10 Å². The van der Waals surface area contributed by atoms with Crippen molar-refractivity contribution in [3.8, 4) is 11.5 Å². The summed E-state index contributed by atoms with van der Waals surface area (Å²) in [5.41, 5.74) is 5.90. The highest BCUT2D eigenvalue weighted by molar-refractivity contribution is 6.39. The average Bonchev–Trinajstić information content (AvgIpc) is 2.85. The lowest BCUT2D eigenvalue weighted by Gasteiger charge is -2.11. The second-order valence-electron chi connectivity index (χ2n) is 7.57. The van der Waals surface area contributed by atoms with E-state index in [-0.39, 0.29) is 12.5 Å². The van der Waals surface area contributed by atoms with Gasteiger partial charge in [-0.05, 0) is 61.9 Å². The first-order chi connectivity index (χ1) is 16.9. The van der Waals surface area contributed by atoms with Gasteiger partial charge in [0, 0.05) is 16.9 Å². The molecular formula is C26H26N4O5. The molecule has 0 saturated heterocycles. The standard InChI is InChI=1S/C26H26N4O5/c1-17-8-13-22(18(2)14-17)29-24(31)16-35-23-7-5-4-6-19(23)15-27-30-26(33)25(32)28-20-9-11-21(34-3)12-10-20/h4-15H,16H2,1-3H3,(H,28,32)(H,29,31)(H,30,33)/b27-15-. The molecule has 0 spiro atoms. The summed E-state index contributed by atoms with van der Waals surface area (Å²) in [5, 5.41) is 9.10. The molecule has 35 heavy (non-hydrogen) atoms. The van der Waals surface area contributed by atoms with E-state index >= 15 is 0 Å². The fraction of sp³-hybridized carbons (Fsp3) is 0.154. The minimum Gasteiger partial charge on any atom is -0.497 e. The van der Waals surface area contributed by atoms with Crippen molar-refractivity contribution in [2.75, 3.05) is 24.4 Å². The number of anilines is 2. The molecule has 0 aliphatic heterocycles. The number of methoxy groups -OCH3 is 1. The molecule has 3 amide bonds. The number of hydrogen-bond donors (Lipinski definition) is 3. The number of ether oxygens (including phenoxy) is 2. The summed E-state index contributed by atoms with van der Waals surface area (Å²) < 4.78 is 10.7. The molecule has 3 rings (SSSR count). The minimum atomic E-state index is -0.941. The van der Waals surface area contributed by atoms with Crippen molar-refractivity contribution in [1.29, 1.82) is 0 Å². The Morgan fingerprint density at radius 2 is 1.66 bits per heavy atom. The molecule has 9 heteroatoms. The highest BCUT2D eigenvalue weighted by atomic mass is 16.5. The lowest BCUT2D eigenvalue weighted by Crippen LogP contribution is -2.32. The van der Waals surface area contributed by atoms with E-state index in [1.165, 1.54) is 13.3 Å². The average molecular weight is 475 g/mol. The molecule has 9 nitrogen and oxygen atoms in total. The summed E-state index contributed by atoms with van der Waals surface area (Å²) in [6.07, 6.45) is 1.33. The summed E-state index contributed by atoms with van der Waals surface area (Å²) in [6.45, 7) is 3.69. The Labute approximate surface area is 203 Å². The molecule has 0 aliphatic carbocycles. The number of carbonyl (C=O) groups excluding carboxylic acids is 3. The van der Waals surface area contributed by atoms with Crippen LogP contribution in [0, 0.1) is 13.8 Å². The summed E-state index contributed by atoms with van der Waals surface area (Å²) in [5.74, 6) is -1.11. The van der Waals surface area contributed by atoms with E-state index in [4.69, 9.17) is 9.47 Å². The van der Waals surface area contributed by atoms with Crippen molar-refractivity contribution in [3.63, 3.8) is 0 Å². The predicted molar refractivity (Wildman–Crippen MR) is 134 cm³/mol. The van der Waals surface area contributed by atoms with Crippen molar-refractivity contribution >= 4 is 35.3 Å². The van der Waals surface area contributed by atoms with Crippen LogP contribution >= 0.6 is 0 Å². The van der Waals surface area contributed by atoms with Crippen molar-refractivity contribution in [1.82, 2.24) is 5.43 Å². The first-order valence-electron chi connectivity index (χ1n) is 10.7. The Morgan fingerprint density at radius 1 is 0.914 bits per heavy atom. The Kier molecular flexibility index (Phi) is 8.55. The van der Waals surface area contributed by atoms with Crippen molar-refractivity contribution in [2.45, 2.75) is 13.8 Å². The molecule has 0 fully saturated rings. The number of carbonyl (C=O) groups is 3. The van der Waals surface area contributed by atoms with Gasteiger partial charge in [0.1, 0.15) is 11.5 Å². The van der Waals surface area contributed by atoms with Gasteiger partial charge in [0.2, 0.25) is 0 Å². The third kappa shape index (κ3) is 7.43. The number of amides is 3. The molecule has 0 atom stereocenters. The normalized spacial score (nSPS) is 10.5. The van der Waals surface area contributed by atoms with Gasteiger partial charge in [0.25, 0.3) is 5.91 Å². The van der Waals surface area contributed by atoms with Crippen LogP contribution in [0.5, 0.6) is 11.5 Å². The molecule has 0 saturated carbocycles. The highest BCUT2D eigenvalue weighted by Crippen LogP contribution is 2.18. The van der Waals surface area contributed by atoms with E-state index in [0.29, 0.717) is 22.7 Å². The smallest absolute Gasteiger partial charge is 0.329 e. The predicted octanol–water partition coefficient (Wildman–Crippen LogP) is 3.42. The van der Waals surface area contributed by atoms with Gasteiger partial charge in [-0.25, -0.2) is 5.43 Å². The maximum Gasteiger partial charge on any atom is 0.329 e. The van der Waals surface area contributed by atoms with Gasteiger partial charge in [-0.15, -0.1) is 0 Å². The zero-order chi connectivity index (χ0) is 25.2. The van der Waals surface area contributed by atoms with Crippen LogP contribution in [-0.4, -0.2) is 37.7 Å². The lowest BCUT2D eigenvalue weighted by molar-refractivity contribution is -0.136. The summed E-state index contributed by atoms with van der Waals surface area (Å²) in [7, 11) is 1.53. The topological polar surface area (TPSA) is 118 Å². The first-order valence-corrected chi connectivity index (χ1v) is 10.7. The maximum absolute atomic E-state index is 12.3. The Hall–Kier alpha value is -4.66. The molecule has 0 unspecified atom stereocenters. The van der Waals surface area contributed by atoms with Crippen LogP contribution in [0.3, 0.4) is 0 Å². The van der Waals surface area contributed by atoms with Crippen LogP contribution in [0.4, 0.5) is 11.4 Å². The number of nitrogens with zero attached hydrogens (tertiary/aromatic N) is 1. The number of rotatable bonds is 8. The number of hydrazone groups is 1. The largest absolute Gasteiger partial charge is 0.497 e. The van der Waals surface area contributed by atoms with E-state index in [9.17, 15) is 14.4 Å². The Bertz CT molecular complexity index is 1240. The van der Waals surface area contributed by atoms with E-state index in [0.717, 1.165) is 16.8 Å². The Morgan fingerprint density at radius 3 is 2.37 bits per heavy atom. The second kappa shape index (κ2) is 12.0. The summed E-state index contributed by atoms with van der Waals surface area (Å²) >= 11 is 0. The molecule has 0 bridgehead atoms. The van der Waals surface area contributed by atoms with Gasteiger partial charge < -0.3 is 20.1 Å². The molecule has 180 valence electrons. The number of benzene rings is 3. The second-order valence-corrected chi connectivity index (χ2v) is 7.57. The van der Waals surface area contributed by atoms with Crippen molar-refractivity contribution in [2.24, 2.45) is 5.10 Å². The van der Waals surface area contributed by atoms with Crippen molar-refractivity contribution < 1.29 is 23.9 Å². The van der Waals surface area contributed by atoms with Gasteiger partial charge in [-0.3, -0.25) is 14.4 Å². The van der Waals surface area contributed by atoms with E-state index in [2.05, 4.69) is 21.2 Å². The number of nitrogens with one attached hydrogen (secondary N) is 3. The van der Waals surface area contributed by atoms with Crippen LogP contribution in [-0.2, 0) is 14.4 Å². The third-order valence-electron chi connectivity index (χ3n) is 4.86. The highest BCUT2D eigenvalue weighted by Gasteiger charge is 2.13. The molecule has 0 radical (unpaired) electrons. The molecule has 0 aromatic heterocycles. The van der Waals surface area contributed by atoms with Gasteiger partial charge >= 0.3 is 11.8 Å². The van der Waals surface area contributed by atoms with E-state index in [1.807, 2.05) is 32.0 Å². The lowest BCUT2D eigenvalue weighted by atomic mass is 10.1. The van der Waals surface area contributed by atoms with Crippen LogP contribution in [0.1, 0.15) is 16.7 Å². The van der Waals surface area contributed by atoms with Crippen LogP contribution in [0.2, 0.25) is 0 Å². The summed E-state index contributed by atoms with van der Waals surface area (Å²) in [4.78, 5) is 36.4. The molecule has 3 aromatic carbocycles. The zero-order valence-corrected chi connectivity index (χ0v) is 19.6. The monoisotopic (exact) mass is 474 g/mol. The van der Waals surface area contributed by atoms with Gasteiger partial charge in [0.15, 0.2) is 6.61 Å². The maximum atomic E-state index is 12.3. The zero-order valence-electron chi connectivity index (χ0n) is 19.6. The molecule has 0 aliphatic rings. The van der Waals surface area contributed by atoms with Gasteiger partial charge in [0.05, 0.1) is 13.3 Å². The van der Waals surface area contributed by atoms with Crippen LogP contribution < -0.4 is 25.5 Å². The molecule has 3 N–H and O–H groups in total. The van der Waals surface area contributed by atoms with Crippen LogP contribution in [0.25, 0.3) is 0 Å². The van der Waals surface area contributed by atoms with E-state index < -0.39 is 11.8 Å². The number of para-hydroxylation sites is 1. The Balaban J connectivity index is 1.53. The SMILES string of the molecule is COc1ccc(NC(=O)C(=O)N/N=C\c2ccccc2OCC(=O)Nc2ccc(C)cc2C)cc1. The van der Waals surface area contributed by atoms with Crippen molar-refractivity contribution in [3.05, 3.63) is 83.4 Å². The molecule has 0 heterocycles. The minimum absolute atomic E-state index is 0.213. The van der Waals surface area contributed by atoms with E-state index in [1.54, 1.807) is 48.5 Å². The fourth-order valence-corrected chi connectivity index (χ4v) is 3.08. The van der Waals surface area contributed by atoms with Gasteiger partial charge in [-0.1, -0.05) is 29.8 Å². The number of aryl methyl sites for hydroxylation is 2. The third-order valence-corrected chi connectivity index (χ3v) is 4.86. The summed E-state index contributed by atoms with van der Waals surface area (Å²) in [6, 6.07) is 19.1. The fourth-order valence-electron chi connectivity index (χ4n) is 3.08.